The minimum atomic E-state index is -3.66. The van der Waals surface area contributed by atoms with Gasteiger partial charge < -0.3 is 14.6 Å². The molecule has 1 rings (SSSR count). The maximum atomic E-state index is 11.8. The van der Waals surface area contributed by atoms with Crippen LogP contribution in [0.4, 0.5) is 0 Å². The van der Waals surface area contributed by atoms with Gasteiger partial charge in [-0.25, -0.2) is 13.1 Å². The van der Waals surface area contributed by atoms with E-state index in [9.17, 15) is 13.2 Å². The summed E-state index contributed by atoms with van der Waals surface area (Å²) in [6.45, 7) is 1.67. The van der Waals surface area contributed by atoms with E-state index < -0.39 is 34.2 Å². The van der Waals surface area contributed by atoms with Gasteiger partial charge in [0.05, 0.1) is 26.4 Å². The standard InChI is InChI=1S/C13H19NO6S/c1-9(14-21(17,18)7-6-13(15)16)10-4-5-11(19-2)12(8-10)20-3/h4-5,8-9,14H,6-7H2,1-3H3,(H,15,16). The summed E-state index contributed by atoms with van der Waals surface area (Å²) in [6.07, 6.45) is -0.437. The van der Waals surface area contributed by atoms with E-state index in [1.807, 2.05) is 0 Å². The summed E-state index contributed by atoms with van der Waals surface area (Å²) in [5, 5.41) is 8.53. The van der Waals surface area contributed by atoms with Crippen LogP contribution in [-0.2, 0) is 14.8 Å². The molecule has 0 radical (unpaired) electrons. The molecule has 0 aliphatic rings. The number of ether oxygens (including phenoxy) is 2. The molecule has 118 valence electrons. The Bertz CT molecular complexity index is 599. The summed E-state index contributed by atoms with van der Waals surface area (Å²) >= 11 is 0. The number of rotatable bonds is 8. The zero-order valence-electron chi connectivity index (χ0n) is 12.1. The second-order valence-corrected chi connectivity index (χ2v) is 6.29. The molecule has 0 saturated heterocycles. The van der Waals surface area contributed by atoms with Crippen LogP contribution in [0.25, 0.3) is 0 Å². The maximum Gasteiger partial charge on any atom is 0.304 e. The van der Waals surface area contributed by atoms with Gasteiger partial charge in [0.2, 0.25) is 10.0 Å². The van der Waals surface area contributed by atoms with Crippen molar-refractivity contribution in [3.63, 3.8) is 0 Å². The van der Waals surface area contributed by atoms with Crippen molar-refractivity contribution in [3.05, 3.63) is 23.8 Å². The molecule has 7 nitrogen and oxygen atoms in total. The van der Waals surface area contributed by atoms with E-state index in [0.29, 0.717) is 17.1 Å². The number of nitrogens with one attached hydrogen (secondary N) is 1. The number of sulfonamides is 1. The Morgan fingerprint density at radius 1 is 1.29 bits per heavy atom. The minimum absolute atomic E-state index is 0.437. The van der Waals surface area contributed by atoms with Crippen molar-refractivity contribution < 1.29 is 27.8 Å². The van der Waals surface area contributed by atoms with Gasteiger partial charge in [0.25, 0.3) is 0 Å². The number of benzene rings is 1. The first-order chi connectivity index (χ1) is 9.79. The van der Waals surface area contributed by atoms with E-state index in [2.05, 4.69) is 4.72 Å². The average molecular weight is 317 g/mol. The number of carboxylic acid groups (broad SMARTS) is 1. The first-order valence-electron chi connectivity index (χ1n) is 6.22. The molecule has 0 heterocycles. The monoisotopic (exact) mass is 317 g/mol. The molecule has 1 aromatic rings. The molecule has 0 aromatic heterocycles. The van der Waals surface area contributed by atoms with E-state index in [-0.39, 0.29) is 0 Å². The Kier molecular flexibility index (Phi) is 5.98. The quantitative estimate of drug-likeness (QED) is 0.746. The highest BCUT2D eigenvalue weighted by Gasteiger charge is 2.18. The fourth-order valence-electron chi connectivity index (χ4n) is 1.74. The van der Waals surface area contributed by atoms with Gasteiger partial charge in [0.15, 0.2) is 11.5 Å². The molecule has 2 N–H and O–H groups in total. The topological polar surface area (TPSA) is 102 Å². The third kappa shape index (κ3) is 5.24. The predicted molar refractivity (Wildman–Crippen MR) is 77.1 cm³/mol. The molecule has 0 aliphatic heterocycles. The molecule has 0 amide bonds. The molecule has 0 aliphatic carbocycles. The SMILES string of the molecule is COc1ccc(C(C)NS(=O)(=O)CCC(=O)O)cc1OC. The summed E-state index contributed by atoms with van der Waals surface area (Å²) in [6, 6.07) is 4.55. The smallest absolute Gasteiger partial charge is 0.304 e. The molecule has 8 heteroatoms. The van der Waals surface area contributed by atoms with Crippen LogP contribution < -0.4 is 14.2 Å². The van der Waals surface area contributed by atoms with E-state index in [1.165, 1.54) is 14.2 Å². The Labute approximate surface area is 123 Å². The Morgan fingerprint density at radius 3 is 2.43 bits per heavy atom. The number of hydrogen-bond donors (Lipinski definition) is 2. The molecular formula is C13H19NO6S. The van der Waals surface area contributed by atoms with Crippen LogP contribution in [0.1, 0.15) is 24.9 Å². The Balaban J connectivity index is 2.84. The molecule has 0 bridgehead atoms. The lowest BCUT2D eigenvalue weighted by Gasteiger charge is -2.16. The van der Waals surface area contributed by atoms with Crippen molar-refractivity contribution in [2.45, 2.75) is 19.4 Å². The Hall–Kier alpha value is -1.80. The van der Waals surface area contributed by atoms with Crippen LogP contribution in [0.2, 0.25) is 0 Å². The molecular weight excluding hydrogens is 298 g/mol. The van der Waals surface area contributed by atoms with Crippen molar-refractivity contribution in [2.75, 3.05) is 20.0 Å². The predicted octanol–water partition coefficient (Wildman–Crippen LogP) is 1.16. The molecule has 21 heavy (non-hydrogen) atoms. The highest BCUT2D eigenvalue weighted by molar-refractivity contribution is 7.89. The number of methoxy groups -OCH3 is 2. The summed E-state index contributed by atoms with van der Waals surface area (Å²) < 4.78 is 36.2. The molecule has 0 saturated carbocycles. The van der Waals surface area contributed by atoms with Crippen molar-refractivity contribution in [3.8, 4) is 11.5 Å². The van der Waals surface area contributed by atoms with Crippen molar-refractivity contribution in [2.24, 2.45) is 0 Å². The van der Waals surface area contributed by atoms with Gasteiger partial charge in [-0.05, 0) is 24.6 Å². The molecule has 1 unspecified atom stereocenters. The lowest BCUT2D eigenvalue weighted by atomic mass is 10.1. The third-order valence-electron chi connectivity index (χ3n) is 2.85. The number of hydrogen-bond acceptors (Lipinski definition) is 5. The van der Waals surface area contributed by atoms with E-state index in [1.54, 1.807) is 25.1 Å². The van der Waals surface area contributed by atoms with Gasteiger partial charge in [-0.3, -0.25) is 4.79 Å². The summed E-state index contributed by atoms with van der Waals surface area (Å²) in [7, 11) is -0.663. The zero-order chi connectivity index (χ0) is 16.0. The van der Waals surface area contributed by atoms with E-state index in [4.69, 9.17) is 14.6 Å². The molecule has 1 atom stereocenters. The van der Waals surface area contributed by atoms with E-state index in [0.717, 1.165) is 0 Å². The average Bonchev–Trinajstić information content (AvgIpc) is 2.44. The van der Waals surface area contributed by atoms with Crippen molar-refractivity contribution in [1.29, 1.82) is 0 Å². The van der Waals surface area contributed by atoms with Crippen LogP contribution in [-0.4, -0.2) is 39.5 Å². The van der Waals surface area contributed by atoms with Gasteiger partial charge in [0.1, 0.15) is 0 Å². The molecule has 1 aromatic carbocycles. The van der Waals surface area contributed by atoms with Gasteiger partial charge in [-0.15, -0.1) is 0 Å². The molecule has 0 fully saturated rings. The second-order valence-electron chi connectivity index (χ2n) is 4.42. The second kappa shape index (κ2) is 7.28. The highest BCUT2D eigenvalue weighted by atomic mass is 32.2. The van der Waals surface area contributed by atoms with Gasteiger partial charge in [0, 0.05) is 6.04 Å². The summed E-state index contributed by atoms with van der Waals surface area (Å²) in [5.41, 5.74) is 0.687. The van der Waals surface area contributed by atoms with Gasteiger partial charge in [-0.1, -0.05) is 6.07 Å². The Morgan fingerprint density at radius 2 is 1.90 bits per heavy atom. The number of carbonyl (C=O) groups is 1. The normalized spacial score (nSPS) is 12.7. The van der Waals surface area contributed by atoms with Crippen molar-refractivity contribution >= 4 is 16.0 Å². The van der Waals surface area contributed by atoms with E-state index >= 15 is 0 Å². The number of carboxylic acids is 1. The highest BCUT2D eigenvalue weighted by Crippen LogP contribution is 2.30. The van der Waals surface area contributed by atoms with Crippen LogP contribution >= 0.6 is 0 Å². The first kappa shape index (κ1) is 17.3. The third-order valence-corrected chi connectivity index (χ3v) is 4.30. The minimum Gasteiger partial charge on any atom is -0.493 e. The van der Waals surface area contributed by atoms with Crippen LogP contribution in [0.3, 0.4) is 0 Å². The van der Waals surface area contributed by atoms with Gasteiger partial charge in [-0.2, -0.15) is 0 Å². The zero-order valence-corrected chi connectivity index (χ0v) is 12.9. The largest absolute Gasteiger partial charge is 0.493 e. The summed E-state index contributed by atoms with van der Waals surface area (Å²) in [4.78, 5) is 10.4. The van der Waals surface area contributed by atoms with Crippen LogP contribution in [0, 0.1) is 0 Å². The lowest BCUT2D eigenvalue weighted by Crippen LogP contribution is -2.30. The lowest BCUT2D eigenvalue weighted by molar-refractivity contribution is -0.136. The first-order valence-corrected chi connectivity index (χ1v) is 7.88. The summed E-state index contributed by atoms with van der Waals surface area (Å²) in [5.74, 6) is -0.576. The van der Waals surface area contributed by atoms with Crippen LogP contribution in [0.5, 0.6) is 11.5 Å². The maximum absolute atomic E-state index is 11.8. The van der Waals surface area contributed by atoms with Crippen LogP contribution in [0.15, 0.2) is 18.2 Å². The fourth-order valence-corrected chi connectivity index (χ4v) is 2.98. The van der Waals surface area contributed by atoms with Crippen molar-refractivity contribution in [1.82, 2.24) is 4.72 Å². The van der Waals surface area contributed by atoms with Gasteiger partial charge >= 0.3 is 5.97 Å². The molecule has 0 spiro atoms. The number of aliphatic carboxylic acids is 1. The fraction of sp³-hybridized carbons (Fsp3) is 0.462.